The SMILES string of the molecule is OC1[C@H](O)CC([C@H]2O[C@@H]3C[C@H](O)C[C@H](O)[C@@H]3CC2O[C@@H](O)C2C[C@@H](O)C(O)[C@@H](O)C2)C[C@@H]1O. The smallest absolute Gasteiger partial charge is 0.158 e. The molecular weight excluding hydrogens is 440 g/mol. The van der Waals surface area contributed by atoms with Crippen molar-refractivity contribution >= 4 is 0 Å². The third kappa shape index (κ3) is 5.39. The molecule has 0 radical (unpaired) electrons. The van der Waals surface area contributed by atoms with Gasteiger partial charge in [0.25, 0.3) is 0 Å². The lowest BCUT2D eigenvalue weighted by Gasteiger charge is -2.51. The Balaban J connectivity index is 1.51. The molecule has 1 saturated heterocycles. The zero-order chi connectivity index (χ0) is 24.0. The van der Waals surface area contributed by atoms with Gasteiger partial charge in [-0.2, -0.15) is 0 Å². The highest BCUT2D eigenvalue weighted by molar-refractivity contribution is 4.99. The molecule has 0 aromatic carbocycles. The van der Waals surface area contributed by atoms with Crippen LogP contribution in [-0.2, 0) is 9.47 Å². The Labute approximate surface area is 192 Å². The molecule has 4 aliphatic rings. The first-order valence-electron chi connectivity index (χ1n) is 12.0. The molecule has 33 heavy (non-hydrogen) atoms. The van der Waals surface area contributed by atoms with Gasteiger partial charge in [0.2, 0.25) is 0 Å². The summed E-state index contributed by atoms with van der Waals surface area (Å²) in [7, 11) is 0. The third-order valence-corrected chi connectivity index (χ3v) is 8.13. The highest BCUT2D eigenvalue weighted by Gasteiger charge is 2.51. The molecule has 1 aliphatic heterocycles. The van der Waals surface area contributed by atoms with Crippen LogP contribution in [0.5, 0.6) is 0 Å². The first kappa shape index (κ1) is 25.6. The minimum Gasteiger partial charge on any atom is -0.393 e. The van der Waals surface area contributed by atoms with Gasteiger partial charge in [-0.3, -0.25) is 0 Å². The second kappa shape index (κ2) is 10.3. The van der Waals surface area contributed by atoms with Gasteiger partial charge in [-0.15, -0.1) is 0 Å². The molecule has 0 amide bonds. The molecule has 4 rings (SSSR count). The van der Waals surface area contributed by atoms with E-state index in [-0.39, 0.29) is 38.0 Å². The largest absolute Gasteiger partial charge is 0.393 e. The highest BCUT2D eigenvalue weighted by Crippen LogP contribution is 2.43. The average Bonchev–Trinajstić information content (AvgIpc) is 2.75. The lowest BCUT2D eigenvalue weighted by Crippen LogP contribution is -2.58. The molecule has 4 fully saturated rings. The minimum atomic E-state index is -1.38. The molecule has 15 atom stereocenters. The maximum absolute atomic E-state index is 10.8. The summed E-state index contributed by atoms with van der Waals surface area (Å²) >= 11 is 0. The van der Waals surface area contributed by atoms with Gasteiger partial charge in [-0.05, 0) is 50.9 Å². The van der Waals surface area contributed by atoms with Gasteiger partial charge in [-0.1, -0.05) is 0 Å². The predicted octanol–water partition coefficient (Wildman–Crippen LogP) is -3.04. The van der Waals surface area contributed by atoms with E-state index in [9.17, 15) is 46.0 Å². The Hall–Kier alpha value is -0.440. The van der Waals surface area contributed by atoms with Crippen LogP contribution in [0, 0.1) is 17.8 Å². The van der Waals surface area contributed by atoms with Gasteiger partial charge in [0.1, 0.15) is 12.2 Å². The molecule has 11 nitrogen and oxygen atoms in total. The van der Waals surface area contributed by atoms with Crippen LogP contribution in [0.25, 0.3) is 0 Å². The highest BCUT2D eigenvalue weighted by atomic mass is 16.6. The summed E-state index contributed by atoms with van der Waals surface area (Å²) in [6.45, 7) is 0. The summed E-state index contributed by atoms with van der Waals surface area (Å²) in [5.74, 6) is -1.38. The number of hydrogen-bond donors (Lipinski definition) is 9. The fourth-order valence-corrected chi connectivity index (χ4v) is 6.24. The van der Waals surface area contributed by atoms with E-state index in [1.807, 2.05) is 0 Å². The molecule has 11 heteroatoms. The van der Waals surface area contributed by atoms with Crippen molar-refractivity contribution in [3.05, 3.63) is 0 Å². The van der Waals surface area contributed by atoms with Crippen molar-refractivity contribution in [1.29, 1.82) is 0 Å². The van der Waals surface area contributed by atoms with E-state index in [1.165, 1.54) is 0 Å². The molecule has 3 aliphatic carbocycles. The summed E-state index contributed by atoms with van der Waals surface area (Å²) in [4.78, 5) is 0. The molecule has 0 aromatic rings. The Bertz CT molecular complexity index is 628. The van der Waals surface area contributed by atoms with Crippen molar-refractivity contribution in [3.63, 3.8) is 0 Å². The van der Waals surface area contributed by atoms with Crippen LogP contribution in [0.3, 0.4) is 0 Å². The van der Waals surface area contributed by atoms with E-state index in [2.05, 4.69) is 0 Å². The first-order chi connectivity index (χ1) is 15.5. The van der Waals surface area contributed by atoms with Gasteiger partial charge in [0.05, 0.1) is 54.9 Å². The van der Waals surface area contributed by atoms with Crippen molar-refractivity contribution in [2.24, 2.45) is 17.8 Å². The molecule has 3 saturated carbocycles. The number of fused-ring (bicyclic) bond motifs is 1. The van der Waals surface area contributed by atoms with Crippen LogP contribution in [0.15, 0.2) is 0 Å². The van der Waals surface area contributed by atoms with Crippen LogP contribution in [-0.4, -0.2) is 119 Å². The van der Waals surface area contributed by atoms with E-state index in [0.717, 1.165) is 0 Å². The lowest BCUT2D eigenvalue weighted by atomic mass is 9.72. The Morgan fingerprint density at radius 1 is 0.636 bits per heavy atom. The van der Waals surface area contributed by atoms with E-state index >= 15 is 0 Å². The first-order valence-corrected chi connectivity index (χ1v) is 12.0. The maximum Gasteiger partial charge on any atom is 0.158 e. The number of ether oxygens (including phenoxy) is 2. The van der Waals surface area contributed by atoms with Gasteiger partial charge in [0.15, 0.2) is 6.29 Å². The zero-order valence-electron chi connectivity index (χ0n) is 18.5. The van der Waals surface area contributed by atoms with Crippen molar-refractivity contribution in [1.82, 2.24) is 0 Å². The monoisotopic (exact) mass is 478 g/mol. The quantitative estimate of drug-likeness (QED) is 0.186. The van der Waals surface area contributed by atoms with E-state index in [1.54, 1.807) is 0 Å². The maximum atomic E-state index is 10.8. The molecule has 1 heterocycles. The third-order valence-electron chi connectivity index (χ3n) is 8.13. The number of aliphatic hydroxyl groups is 9. The van der Waals surface area contributed by atoms with Crippen LogP contribution in [0.2, 0.25) is 0 Å². The molecule has 5 unspecified atom stereocenters. The van der Waals surface area contributed by atoms with Gasteiger partial charge in [-0.25, -0.2) is 0 Å². The zero-order valence-corrected chi connectivity index (χ0v) is 18.5. The number of hydrogen-bond acceptors (Lipinski definition) is 11. The normalized spacial score (nSPS) is 54.5. The van der Waals surface area contributed by atoms with Crippen LogP contribution in [0.4, 0.5) is 0 Å². The molecule has 0 bridgehead atoms. The van der Waals surface area contributed by atoms with Crippen molar-refractivity contribution in [2.45, 2.75) is 118 Å². The van der Waals surface area contributed by atoms with E-state index < -0.39 is 85.3 Å². The lowest BCUT2D eigenvalue weighted by molar-refractivity contribution is -0.273. The summed E-state index contributed by atoms with van der Waals surface area (Å²) in [5.41, 5.74) is 0. The molecular formula is C22H38O11. The number of rotatable bonds is 4. The standard InChI is InChI=1S/C22H38O11/c23-10-5-12(24)11-7-18(33-22(31)9-3-15(27)20(30)16(28)4-9)21(32-17(11)6-10)8-1-13(25)19(29)14(26)2-8/h8-31H,1-7H2/t8?,9?,10-,11+,12+,13-,14+,15-,16+,17-,18?,19?,20?,21-,22-/m1/s1. The second-order valence-electron chi connectivity index (χ2n) is 10.5. The van der Waals surface area contributed by atoms with Crippen LogP contribution >= 0.6 is 0 Å². The average molecular weight is 479 g/mol. The molecule has 192 valence electrons. The fraction of sp³-hybridized carbons (Fsp3) is 1.00. The Kier molecular flexibility index (Phi) is 7.99. The minimum absolute atomic E-state index is 0.0333. The molecule has 0 spiro atoms. The van der Waals surface area contributed by atoms with Crippen molar-refractivity contribution < 1.29 is 55.4 Å². The Morgan fingerprint density at radius 2 is 1.18 bits per heavy atom. The summed E-state index contributed by atoms with van der Waals surface area (Å²) in [5, 5.41) is 91.5. The van der Waals surface area contributed by atoms with Crippen LogP contribution in [0.1, 0.15) is 44.9 Å². The van der Waals surface area contributed by atoms with E-state index in [0.29, 0.717) is 12.8 Å². The summed E-state index contributed by atoms with van der Waals surface area (Å²) in [6, 6.07) is 0. The molecule has 0 aromatic heterocycles. The van der Waals surface area contributed by atoms with Gasteiger partial charge in [0, 0.05) is 11.8 Å². The summed E-state index contributed by atoms with van der Waals surface area (Å²) < 4.78 is 12.2. The predicted molar refractivity (Wildman–Crippen MR) is 110 cm³/mol. The fourth-order valence-electron chi connectivity index (χ4n) is 6.24. The van der Waals surface area contributed by atoms with Gasteiger partial charge < -0.3 is 55.4 Å². The van der Waals surface area contributed by atoms with Crippen LogP contribution < -0.4 is 0 Å². The Morgan fingerprint density at radius 3 is 1.76 bits per heavy atom. The molecule has 9 N–H and O–H groups in total. The van der Waals surface area contributed by atoms with Gasteiger partial charge >= 0.3 is 0 Å². The summed E-state index contributed by atoms with van der Waals surface area (Å²) in [6.07, 6.45) is -10.9. The topological polar surface area (TPSA) is 201 Å². The van der Waals surface area contributed by atoms with Crippen molar-refractivity contribution in [3.8, 4) is 0 Å². The second-order valence-corrected chi connectivity index (χ2v) is 10.5. The number of aliphatic hydroxyl groups excluding tert-OH is 9. The van der Waals surface area contributed by atoms with E-state index in [4.69, 9.17) is 9.47 Å². The van der Waals surface area contributed by atoms with Crippen molar-refractivity contribution in [2.75, 3.05) is 0 Å².